The molecule has 2 heterocycles. The number of likely N-dealkylation sites (tertiary alicyclic amines) is 1. The van der Waals surface area contributed by atoms with Gasteiger partial charge >= 0.3 is 0 Å². The quantitative estimate of drug-likeness (QED) is 0.752. The number of amides is 2. The van der Waals surface area contributed by atoms with Gasteiger partial charge in [-0.3, -0.25) is 9.59 Å². The molecule has 2 amide bonds. The third-order valence-electron chi connectivity index (χ3n) is 5.65. The Labute approximate surface area is 183 Å². The first-order valence-corrected chi connectivity index (χ1v) is 10.9. The molecule has 0 radical (unpaired) electrons. The number of aromatic nitrogens is 2. The fourth-order valence-corrected chi connectivity index (χ4v) is 4.01. The fourth-order valence-electron chi connectivity index (χ4n) is 4.01. The Morgan fingerprint density at radius 2 is 1.87 bits per heavy atom. The molecule has 1 N–H and O–H groups in total. The number of halogens is 1. The minimum atomic E-state index is -0.468. The normalized spacial score (nSPS) is 16.5. The fraction of sp³-hybridized carbons (Fsp3) is 0.500. The lowest BCUT2D eigenvalue weighted by atomic mass is 9.95. The lowest BCUT2D eigenvalue weighted by molar-refractivity contribution is -0.133. The summed E-state index contributed by atoms with van der Waals surface area (Å²) in [5.41, 5.74) is 2.41. The maximum absolute atomic E-state index is 13.8. The summed E-state index contributed by atoms with van der Waals surface area (Å²) >= 11 is 0. The summed E-state index contributed by atoms with van der Waals surface area (Å²) in [6.07, 6.45) is 2.51. The van der Waals surface area contributed by atoms with Crippen molar-refractivity contribution in [2.45, 2.75) is 59.3 Å². The van der Waals surface area contributed by atoms with Crippen molar-refractivity contribution in [3.63, 3.8) is 0 Å². The van der Waals surface area contributed by atoms with Gasteiger partial charge in [-0.15, -0.1) is 0 Å². The number of aryl methyl sites for hydroxylation is 2. The summed E-state index contributed by atoms with van der Waals surface area (Å²) in [5, 5.41) is 2.61. The van der Waals surface area contributed by atoms with Crippen LogP contribution in [-0.2, 0) is 16.0 Å². The third kappa shape index (κ3) is 5.87. The molecule has 0 saturated carbocycles. The van der Waals surface area contributed by atoms with Crippen LogP contribution in [-0.4, -0.2) is 39.8 Å². The Morgan fingerprint density at radius 3 is 2.52 bits per heavy atom. The topological polar surface area (TPSA) is 75.2 Å². The third-order valence-corrected chi connectivity index (χ3v) is 5.65. The maximum atomic E-state index is 13.8. The molecule has 0 bridgehead atoms. The van der Waals surface area contributed by atoms with E-state index in [-0.39, 0.29) is 29.8 Å². The Kier molecular flexibility index (Phi) is 7.36. The van der Waals surface area contributed by atoms with Crippen molar-refractivity contribution < 1.29 is 14.0 Å². The van der Waals surface area contributed by atoms with Crippen molar-refractivity contribution in [1.82, 2.24) is 14.9 Å². The number of carbonyl (C=O) groups is 2. The van der Waals surface area contributed by atoms with Gasteiger partial charge in [-0.25, -0.2) is 14.4 Å². The molecule has 1 aliphatic rings. The molecule has 1 aromatic carbocycles. The molecule has 1 fully saturated rings. The smallest absolute Gasteiger partial charge is 0.229 e. The molecule has 6 nitrogen and oxygen atoms in total. The zero-order valence-electron chi connectivity index (χ0n) is 18.7. The van der Waals surface area contributed by atoms with Crippen molar-refractivity contribution in [1.29, 1.82) is 0 Å². The van der Waals surface area contributed by atoms with E-state index in [0.717, 1.165) is 42.2 Å². The number of carbonyl (C=O) groups excluding carboxylic acids is 2. The highest BCUT2D eigenvalue weighted by Gasteiger charge is 2.27. The van der Waals surface area contributed by atoms with E-state index in [4.69, 9.17) is 0 Å². The molecule has 0 aliphatic carbocycles. The standard InChI is InChI=1S/C24H31FN4O2/c1-15(2)12-23(31)29-11-7-8-18(14-29)24-26-16(3)19(17(4)27-24)13-22(30)28-21-10-6-5-9-20(21)25/h5-6,9-10,15,18H,7-8,11-14H2,1-4H3,(H,28,30). The second-order valence-corrected chi connectivity index (χ2v) is 8.71. The Bertz CT molecular complexity index is 937. The van der Waals surface area contributed by atoms with Gasteiger partial charge in [-0.1, -0.05) is 26.0 Å². The number of piperidine rings is 1. The first-order chi connectivity index (χ1) is 14.7. The Balaban J connectivity index is 1.70. The molecule has 31 heavy (non-hydrogen) atoms. The lowest BCUT2D eigenvalue weighted by Gasteiger charge is -2.33. The van der Waals surface area contributed by atoms with E-state index >= 15 is 0 Å². The van der Waals surface area contributed by atoms with Crippen molar-refractivity contribution in [2.24, 2.45) is 5.92 Å². The molecule has 2 aromatic rings. The molecule has 3 rings (SSSR count). The van der Waals surface area contributed by atoms with Crippen LogP contribution in [0.5, 0.6) is 0 Å². The monoisotopic (exact) mass is 426 g/mol. The van der Waals surface area contributed by atoms with Crippen LogP contribution in [0.2, 0.25) is 0 Å². The van der Waals surface area contributed by atoms with Crippen LogP contribution < -0.4 is 5.32 Å². The number of nitrogens with one attached hydrogen (secondary N) is 1. The highest BCUT2D eigenvalue weighted by molar-refractivity contribution is 5.92. The minimum Gasteiger partial charge on any atom is -0.342 e. The number of anilines is 1. The van der Waals surface area contributed by atoms with Crippen molar-refractivity contribution in [3.8, 4) is 0 Å². The predicted octanol–water partition coefficient (Wildman–Crippen LogP) is 4.17. The van der Waals surface area contributed by atoms with Crippen LogP contribution in [0, 0.1) is 25.6 Å². The van der Waals surface area contributed by atoms with Gasteiger partial charge in [0, 0.05) is 42.4 Å². The summed E-state index contributed by atoms with van der Waals surface area (Å²) in [7, 11) is 0. The van der Waals surface area contributed by atoms with E-state index in [1.165, 1.54) is 12.1 Å². The highest BCUT2D eigenvalue weighted by Crippen LogP contribution is 2.27. The second-order valence-electron chi connectivity index (χ2n) is 8.71. The average molecular weight is 427 g/mol. The van der Waals surface area contributed by atoms with Crippen molar-refractivity contribution in [3.05, 3.63) is 52.9 Å². The van der Waals surface area contributed by atoms with Crippen LogP contribution in [0.1, 0.15) is 61.8 Å². The van der Waals surface area contributed by atoms with Gasteiger partial charge in [0.15, 0.2) is 0 Å². The molecule has 0 spiro atoms. The van der Waals surface area contributed by atoms with Gasteiger partial charge in [0.25, 0.3) is 0 Å². The number of rotatable bonds is 6. The lowest BCUT2D eigenvalue weighted by Crippen LogP contribution is -2.40. The van der Waals surface area contributed by atoms with Gasteiger partial charge in [0.1, 0.15) is 11.6 Å². The molecule has 1 saturated heterocycles. The van der Waals surface area contributed by atoms with Crippen LogP contribution >= 0.6 is 0 Å². The van der Waals surface area contributed by atoms with Crippen molar-refractivity contribution in [2.75, 3.05) is 18.4 Å². The summed E-state index contributed by atoms with van der Waals surface area (Å²) < 4.78 is 13.8. The minimum absolute atomic E-state index is 0.0793. The van der Waals surface area contributed by atoms with E-state index < -0.39 is 5.82 Å². The van der Waals surface area contributed by atoms with Gasteiger partial charge in [-0.05, 0) is 44.7 Å². The number of hydrogen-bond donors (Lipinski definition) is 1. The van der Waals surface area contributed by atoms with Gasteiger partial charge in [-0.2, -0.15) is 0 Å². The predicted molar refractivity (Wildman–Crippen MR) is 118 cm³/mol. The number of hydrogen-bond acceptors (Lipinski definition) is 4. The summed E-state index contributed by atoms with van der Waals surface area (Å²) in [6, 6.07) is 6.09. The summed E-state index contributed by atoms with van der Waals surface area (Å²) in [4.78, 5) is 36.2. The maximum Gasteiger partial charge on any atom is 0.229 e. The highest BCUT2D eigenvalue weighted by atomic mass is 19.1. The molecular weight excluding hydrogens is 395 g/mol. The summed E-state index contributed by atoms with van der Waals surface area (Å²) in [6.45, 7) is 9.26. The van der Waals surface area contributed by atoms with Crippen LogP contribution in [0.4, 0.5) is 10.1 Å². The SMILES string of the molecule is Cc1nc(C2CCCN(C(=O)CC(C)C)C2)nc(C)c1CC(=O)Nc1ccccc1F. The molecule has 1 unspecified atom stereocenters. The first-order valence-electron chi connectivity index (χ1n) is 10.9. The van der Waals surface area contributed by atoms with E-state index in [0.29, 0.717) is 18.9 Å². The molecule has 1 atom stereocenters. The van der Waals surface area contributed by atoms with E-state index in [2.05, 4.69) is 29.1 Å². The van der Waals surface area contributed by atoms with Gasteiger partial charge in [0.2, 0.25) is 11.8 Å². The second kappa shape index (κ2) is 9.98. The Morgan fingerprint density at radius 1 is 1.19 bits per heavy atom. The molecule has 1 aliphatic heterocycles. The molecule has 7 heteroatoms. The van der Waals surface area contributed by atoms with E-state index in [9.17, 15) is 14.0 Å². The van der Waals surface area contributed by atoms with E-state index in [1.54, 1.807) is 12.1 Å². The molecular formula is C24H31FN4O2. The Hall–Kier alpha value is -2.83. The number of nitrogens with zero attached hydrogens (tertiary/aromatic N) is 3. The zero-order valence-corrected chi connectivity index (χ0v) is 18.7. The first kappa shape index (κ1) is 22.8. The van der Waals surface area contributed by atoms with Gasteiger partial charge < -0.3 is 10.2 Å². The van der Waals surface area contributed by atoms with Crippen LogP contribution in [0.3, 0.4) is 0 Å². The average Bonchev–Trinajstić information content (AvgIpc) is 2.72. The number of para-hydroxylation sites is 1. The molecule has 1 aromatic heterocycles. The van der Waals surface area contributed by atoms with E-state index in [1.807, 2.05) is 18.7 Å². The zero-order chi connectivity index (χ0) is 22.5. The number of benzene rings is 1. The van der Waals surface area contributed by atoms with Crippen molar-refractivity contribution >= 4 is 17.5 Å². The molecule has 166 valence electrons. The van der Waals surface area contributed by atoms with Crippen LogP contribution in [0.25, 0.3) is 0 Å². The van der Waals surface area contributed by atoms with Crippen LogP contribution in [0.15, 0.2) is 24.3 Å². The van der Waals surface area contributed by atoms with Gasteiger partial charge in [0.05, 0.1) is 12.1 Å². The largest absolute Gasteiger partial charge is 0.342 e. The summed E-state index contributed by atoms with van der Waals surface area (Å²) in [5.74, 6) is 0.581.